The molecule has 0 N–H and O–H groups in total. The topological polar surface area (TPSA) is 67.8 Å². The maximum absolute atomic E-state index is 5.46. The lowest BCUT2D eigenvalue weighted by Crippen LogP contribution is -2.46. The number of rotatable bonds is 5. The van der Waals surface area contributed by atoms with Gasteiger partial charge in [0, 0.05) is 26.2 Å². The molecule has 1 fully saturated rings. The first-order valence-corrected chi connectivity index (χ1v) is 8.30. The average Bonchev–Trinajstić information content (AvgIpc) is 3.34. The van der Waals surface area contributed by atoms with Gasteiger partial charge in [-0.2, -0.15) is 4.98 Å². The number of anilines is 1. The molecule has 0 amide bonds. The summed E-state index contributed by atoms with van der Waals surface area (Å²) in [6.45, 7) is 4.36. The van der Waals surface area contributed by atoms with Gasteiger partial charge in [0.1, 0.15) is 5.75 Å². The largest absolute Gasteiger partial charge is 0.495 e. The van der Waals surface area contributed by atoms with E-state index in [2.05, 4.69) is 26.0 Å². The maximum atomic E-state index is 5.46. The number of nitrogens with zero attached hydrogens (tertiary/aromatic N) is 4. The molecule has 0 atom stereocenters. The Kier molecular flexibility index (Phi) is 4.39. The highest BCUT2D eigenvalue weighted by Crippen LogP contribution is 2.28. The zero-order valence-corrected chi connectivity index (χ0v) is 14.1. The second-order valence-electron chi connectivity index (χ2n) is 5.92. The van der Waals surface area contributed by atoms with Crippen LogP contribution in [0.25, 0.3) is 11.6 Å². The molecule has 3 heterocycles. The number of aromatic nitrogens is 2. The first-order valence-electron chi connectivity index (χ1n) is 8.30. The van der Waals surface area contributed by atoms with Crippen LogP contribution in [0.4, 0.5) is 5.69 Å². The smallest absolute Gasteiger partial charge is 0.241 e. The number of furan rings is 1. The van der Waals surface area contributed by atoms with Crippen LogP contribution in [0.3, 0.4) is 0 Å². The van der Waals surface area contributed by atoms with E-state index in [1.807, 2.05) is 30.3 Å². The van der Waals surface area contributed by atoms with Crippen molar-refractivity contribution in [2.45, 2.75) is 6.54 Å². The van der Waals surface area contributed by atoms with Crippen molar-refractivity contribution in [3.8, 4) is 17.3 Å². The normalized spacial score (nSPS) is 15.5. The summed E-state index contributed by atoms with van der Waals surface area (Å²) >= 11 is 0. The van der Waals surface area contributed by atoms with Gasteiger partial charge >= 0.3 is 0 Å². The molecule has 1 aromatic carbocycles. The Hall–Kier alpha value is -2.80. The molecule has 4 rings (SSSR count). The molecule has 2 aromatic heterocycles. The minimum Gasteiger partial charge on any atom is -0.495 e. The summed E-state index contributed by atoms with van der Waals surface area (Å²) in [5.41, 5.74) is 1.14. The molecular formula is C18H20N4O3. The fourth-order valence-corrected chi connectivity index (χ4v) is 3.05. The van der Waals surface area contributed by atoms with E-state index >= 15 is 0 Å². The van der Waals surface area contributed by atoms with Crippen molar-refractivity contribution < 1.29 is 13.7 Å². The van der Waals surface area contributed by atoms with Gasteiger partial charge in [0.2, 0.25) is 11.7 Å². The van der Waals surface area contributed by atoms with E-state index < -0.39 is 0 Å². The Morgan fingerprint density at radius 3 is 2.68 bits per heavy atom. The first-order chi connectivity index (χ1) is 12.3. The van der Waals surface area contributed by atoms with E-state index in [1.165, 1.54) is 0 Å². The number of ether oxygens (including phenoxy) is 1. The first kappa shape index (κ1) is 15.7. The van der Waals surface area contributed by atoms with Gasteiger partial charge in [0.05, 0.1) is 25.6 Å². The van der Waals surface area contributed by atoms with E-state index in [0.717, 1.165) is 37.6 Å². The molecule has 0 radical (unpaired) electrons. The van der Waals surface area contributed by atoms with E-state index in [4.69, 9.17) is 13.7 Å². The Labute approximate surface area is 145 Å². The number of hydrogen-bond acceptors (Lipinski definition) is 7. The van der Waals surface area contributed by atoms with E-state index in [0.29, 0.717) is 24.0 Å². The number of methoxy groups -OCH3 is 1. The second-order valence-corrected chi connectivity index (χ2v) is 5.92. The molecule has 25 heavy (non-hydrogen) atoms. The number of hydrogen-bond donors (Lipinski definition) is 0. The van der Waals surface area contributed by atoms with Gasteiger partial charge < -0.3 is 18.6 Å². The predicted molar refractivity (Wildman–Crippen MR) is 92.5 cm³/mol. The summed E-state index contributed by atoms with van der Waals surface area (Å²) in [5.74, 6) is 2.64. The van der Waals surface area contributed by atoms with Crippen LogP contribution in [0.2, 0.25) is 0 Å². The van der Waals surface area contributed by atoms with Gasteiger partial charge in [-0.1, -0.05) is 17.3 Å². The molecule has 7 nitrogen and oxygen atoms in total. The van der Waals surface area contributed by atoms with E-state index in [-0.39, 0.29) is 0 Å². The van der Waals surface area contributed by atoms with Crippen LogP contribution in [-0.4, -0.2) is 48.3 Å². The van der Waals surface area contributed by atoms with Gasteiger partial charge in [-0.05, 0) is 24.3 Å². The van der Waals surface area contributed by atoms with Crippen LogP contribution >= 0.6 is 0 Å². The van der Waals surface area contributed by atoms with E-state index in [9.17, 15) is 0 Å². The van der Waals surface area contributed by atoms with Crippen LogP contribution in [0.5, 0.6) is 5.75 Å². The summed E-state index contributed by atoms with van der Waals surface area (Å²) in [7, 11) is 1.71. The van der Waals surface area contributed by atoms with Crippen LogP contribution in [0, 0.1) is 0 Å². The Morgan fingerprint density at radius 1 is 1.08 bits per heavy atom. The molecule has 0 spiro atoms. The third-order valence-electron chi connectivity index (χ3n) is 4.37. The molecular weight excluding hydrogens is 320 g/mol. The van der Waals surface area contributed by atoms with Crippen molar-refractivity contribution in [1.29, 1.82) is 0 Å². The fourth-order valence-electron chi connectivity index (χ4n) is 3.05. The molecule has 1 saturated heterocycles. The van der Waals surface area contributed by atoms with Gasteiger partial charge in [-0.3, -0.25) is 4.90 Å². The highest BCUT2D eigenvalue weighted by molar-refractivity contribution is 5.58. The molecule has 0 aliphatic carbocycles. The van der Waals surface area contributed by atoms with Crippen molar-refractivity contribution in [1.82, 2.24) is 15.0 Å². The molecule has 130 valence electrons. The fraction of sp³-hybridized carbons (Fsp3) is 0.333. The minimum absolute atomic E-state index is 0.493. The van der Waals surface area contributed by atoms with Crippen LogP contribution < -0.4 is 9.64 Å². The lowest BCUT2D eigenvalue weighted by Gasteiger charge is -2.35. The summed E-state index contributed by atoms with van der Waals surface area (Å²) < 4.78 is 16.1. The number of piperazine rings is 1. The number of benzene rings is 1. The molecule has 1 aliphatic rings. The van der Waals surface area contributed by atoms with E-state index in [1.54, 1.807) is 13.4 Å². The van der Waals surface area contributed by atoms with Gasteiger partial charge in [-0.15, -0.1) is 0 Å². The molecule has 0 bridgehead atoms. The molecule has 1 aliphatic heterocycles. The van der Waals surface area contributed by atoms with Crippen molar-refractivity contribution in [2.24, 2.45) is 0 Å². The average molecular weight is 340 g/mol. The summed E-state index contributed by atoms with van der Waals surface area (Å²) in [6.07, 6.45) is 1.60. The van der Waals surface area contributed by atoms with Gasteiger partial charge in [0.25, 0.3) is 0 Å². The van der Waals surface area contributed by atoms with Crippen molar-refractivity contribution in [3.63, 3.8) is 0 Å². The quantitative estimate of drug-likeness (QED) is 0.707. The summed E-state index contributed by atoms with van der Waals surface area (Å²) in [5, 5.41) is 3.98. The standard InChI is InChI=1S/C18H20N4O3/c1-23-15-6-3-2-5-14(15)22-10-8-21(9-11-22)13-17-19-18(20-25-17)16-7-4-12-24-16/h2-7,12H,8-11,13H2,1H3. The zero-order chi connectivity index (χ0) is 17.1. The lowest BCUT2D eigenvalue weighted by atomic mass is 10.2. The monoisotopic (exact) mass is 340 g/mol. The number of para-hydroxylation sites is 2. The van der Waals surface area contributed by atoms with Crippen LogP contribution in [-0.2, 0) is 6.54 Å². The van der Waals surface area contributed by atoms with Crippen LogP contribution in [0.15, 0.2) is 51.6 Å². The maximum Gasteiger partial charge on any atom is 0.241 e. The third kappa shape index (κ3) is 3.36. The Balaban J connectivity index is 1.36. The van der Waals surface area contributed by atoms with Crippen molar-refractivity contribution in [3.05, 3.63) is 48.6 Å². The van der Waals surface area contributed by atoms with Crippen molar-refractivity contribution >= 4 is 5.69 Å². The highest BCUT2D eigenvalue weighted by atomic mass is 16.5. The summed E-state index contributed by atoms with van der Waals surface area (Å²) in [6, 6.07) is 11.8. The van der Waals surface area contributed by atoms with Crippen molar-refractivity contribution in [2.75, 3.05) is 38.2 Å². The third-order valence-corrected chi connectivity index (χ3v) is 4.37. The predicted octanol–water partition coefficient (Wildman–Crippen LogP) is 2.66. The molecule has 0 saturated carbocycles. The SMILES string of the molecule is COc1ccccc1N1CCN(Cc2nc(-c3ccco3)no2)CC1. The van der Waals surface area contributed by atoms with Gasteiger partial charge in [-0.25, -0.2) is 0 Å². The lowest BCUT2D eigenvalue weighted by molar-refractivity contribution is 0.215. The molecule has 0 unspecified atom stereocenters. The summed E-state index contributed by atoms with van der Waals surface area (Å²) in [4.78, 5) is 9.06. The zero-order valence-electron chi connectivity index (χ0n) is 14.1. The second kappa shape index (κ2) is 6.98. The highest BCUT2D eigenvalue weighted by Gasteiger charge is 2.21. The van der Waals surface area contributed by atoms with Gasteiger partial charge in [0.15, 0.2) is 5.76 Å². The minimum atomic E-state index is 0.493. The Morgan fingerprint density at radius 2 is 1.92 bits per heavy atom. The van der Waals surface area contributed by atoms with Crippen LogP contribution in [0.1, 0.15) is 5.89 Å². The Bertz CT molecular complexity index is 807. The molecule has 3 aromatic rings. The molecule has 7 heteroatoms.